The Labute approximate surface area is 104 Å². The van der Waals surface area contributed by atoms with Gasteiger partial charge in [0.2, 0.25) is 0 Å². The highest BCUT2D eigenvalue weighted by molar-refractivity contribution is 7.93. The van der Waals surface area contributed by atoms with Crippen molar-refractivity contribution in [2.45, 2.75) is 39.5 Å². The summed E-state index contributed by atoms with van der Waals surface area (Å²) in [6.07, 6.45) is 11.7. The molecule has 0 aliphatic carbocycles. The maximum absolute atomic E-state index is 2.27. The van der Waals surface area contributed by atoms with Crippen molar-refractivity contribution in [3.05, 3.63) is 42.2 Å². The molecule has 1 aromatic rings. The van der Waals surface area contributed by atoms with E-state index in [0.717, 1.165) is 5.75 Å². The topological polar surface area (TPSA) is 3.88 Å². The molecule has 0 aromatic carbocycles. The molecule has 0 fully saturated rings. The maximum Gasteiger partial charge on any atom is 0.183 e. The van der Waals surface area contributed by atoms with Gasteiger partial charge in [-0.2, -0.15) is 0 Å². The van der Waals surface area contributed by atoms with E-state index in [1.165, 1.54) is 25.7 Å². The van der Waals surface area contributed by atoms with E-state index in [9.17, 15) is 0 Å². The van der Waals surface area contributed by atoms with Crippen LogP contribution in [0.2, 0.25) is 0 Å². The first-order chi connectivity index (χ1) is 7.86. The molecule has 0 bridgehead atoms. The van der Waals surface area contributed by atoms with E-state index < -0.39 is 0 Å². The summed E-state index contributed by atoms with van der Waals surface area (Å²) >= 11 is 1.86. The molecule has 0 N–H and O–H groups in total. The van der Waals surface area contributed by atoms with Crippen molar-refractivity contribution >= 4 is 11.9 Å². The summed E-state index contributed by atoms with van der Waals surface area (Å²) in [5.74, 6) is 1.11. The molecule has 0 unspecified atom stereocenters. The lowest BCUT2D eigenvalue weighted by Gasteiger charge is -2.02. The van der Waals surface area contributed by atoms with E-state index in [1.54, 1.807) is 5.57 Å². The van der Waals surface area contributed by atoms with E-state index in [-0.39, 0.29) is 0 Å². The Balaban J connectivity index is 2.29. The minimum Gasteiger partial charge on any atom is -0.134 e. The average Bonchev–Trinajstić information content (AvgIpc) is 2.35. The molecular formula is C14H22NS+. The van der Waals surface area contributed by atoms with Crippen LogP contribution in [0, 0.1) is 0 Å². The second-order valence-electron chi connectivity index (χ2n) is 3.91. The Hall–Kier alpha value is -0.760. The van der Waals surface area contributed by atoms with Crippen LogP contribution in [-0.4, -0.2) is 5.75 Å². The number of hydrogen-bond donors (Lipinski definition) is 0. The van der Waals surface area contributed by atoms with Gasteiger partial charge in [0, 0.05) is 12.1 Å². The summed E-state index contributed by atoms with van der Waals surface area (Å²) in [6, 6.07) is 6.19. The van der Waals surface area contributed by atoms with Crippen LogP contribution in [-0.2, 0) is 0 Å². The van der Waals surface area contributed by atoms with Gasteiger partial charge in [-0.25, -0.2) is 0 Å². The highest BCUT2D eigenvalue weighted by Crippen LogP contribution is 2.12. The Bertz CT molecular complexity index is 306. The second kappa shape index (κ2) is 8.40. The third-order valence-electron chi connectivity index (χ3n) is 2.60. The molecule has 1 rings (SSSR count). The number of allylic oxidation sites excluding steroid dienone is 1. The van der Waals surface area contributed by atoms with Gasteiger partial charge in [0.15, 0.2) is 24.3 Å². The Morgan fingerprint density at radius 2 is 1.94 bits per heavy atom. The fourth-order valence-corrected chi connectivity index (χ4v) is 2.47. The van der Waals surface area contributed by atoms with Crippen LogP contribution in [0.3, 0.4) is 0 Å². The van der Waals surface area contributed by atoms with Gasteiger partial charge in [0.1, 0.15) is 0 Å². The molecule has 1 heterocycles. The van der Waals surface area contributed by atoms with Crippen molar-refractivity contribution in [3.8, 4) is 0 Å². The van der Waals surface area contributed by atoms with E-state index in [2.05, 4.69) is 54.5 Å². The van der Waals surface area contributed by atoms with Gasteiger partial charge in [0.05, 0.1) is 5.75 Å². The minimum absolute atomic E-state index is 1.11. The number of rotatable bonds is 7. The van der Waals surface area contributed by atoms with Crippen LogP contribution in [0.1, 0.15) is 39.5 Å². The molecule has 88 valence electrons. The number of pyridine rings is 1. The lowest BCUT2D eigenvalue weighted by molar-refractivity contribution is -0.494. The first-order valence-electron chi connectivity index (χ1n) is 6.10. The SMILES string of the molecule is CC=C(CCCCC)CS[n+]1ccccc1. The van der Waals surface area contributed by atoms with Crippen LogP contribution in [0.15, 0.2) is 42.2 Å². The monoisotopic (exact) mass is 236 g/mol. The highest BCUT2D eigenvalue weighted by Gasteiger charge is 2.04. The van der Waals surface area contributed by atoms with Crippen molar-refractivity contribution in [1.29, 1.82) is 0 Å². The summed E-state index contributed by atoms with van der Waals surface area (Å²) in [5, 5.41) is 0. The predicted molar refractivity (Wildman–Crippen MR) is 72.4 cm³/mol. The fraction of sp³-hybridized carbons (Fsp3) is 0.500. The molecular weight excluding hydrogens is 214 g/mol. The second-order valence-corrected chi connectivity index (χ2v) is 4.88. The maximum atomic E-state index is 2.27. The number of hydrogen-bond acceptors (Lipinski definition) is 1. The van der Waals surface area contributed by atoms with E-state index in [4.69, 9.17) is 0 Å². The van der Waals surface area contributed by atoms with E-state index >= 15 is 0 Å². The molecule has 0 amide bonds. The number of unbranched alkanes of at least 4 members (excludes halogenated alkanes) is 2. The Morgan fingerprint density at radius 3 is 2.56 bits per heavy atom. The summed E-state index contributed by atoms with van der Waals surface area (Å²) in [5.41, 5.74) is 1.56. The normalized spacial score (nSPS) is 11.8. The average molecular weight is 236 g/mol. The zero-order valence-electron chi connectivity index (χ0n) is 10.4. The van der Waals surface area contributed by atoms with Crippen molar-refractivity contribution in [2.24, 2.45) is 0 Å². The zero-order valence-corrected chi connectivity index (χ0v) is 11.2. The standard InChI is InChI=1S/C14H22NS/c1-3-5-7-10-14(4-2)13-16-15-11-8-6-9-12-15/h4,6,8-9,11-12H,3,5,7,10,13H2,1-2H3/q+1. The number of aromatic nitrogens is 1. The van der Waals surface area contributed by atoms with Crippen molar-refractivity contribution in [1.82, 2.24) is 0 Å². The third-order valence-corrected chi connectivity index (χ3v) is 3.64. The van der Waals surface area contributed by atoms with Crippen LogP contribution in [0.5, 0.6) is 0 Å². The molecule has 0 spiro atoms. The first kappa shape index (κ1) is 13.3. The van der Waals surface area contributed by atoms with Gasteiger partial charge >= 0.3 is 0 Å². The van der Waals surface area contributed by atoms with Gasteiger partial charge in [-0.1, -0.05) is 37.5 Å². The van der Waals surface area contributed by atoms with Crippen LogP contribution >= 0.6 is 11.9 Å². The van der Waals surface area contributed by atoms with Crippen molar-refractivity contribution in [3.63, 3.8) is 0 Å². The highest BCUT2D eigenvalue weighted by atomic mass is 32.2. The number of nitrogens with zero attached hydrogens (tertiary/aromatic N) is 1. The lowest BCUT2D eigenvalue weighted by Crippen LogP contribution is -2.23. The fourth-order valence-electron chi connectivity index (χ4n) is 1.53. The molecule has 0 aliphatic heterocycles. The van der Waals surface area contributed by atoms with Gasteiger partial charge in [-0.05, 0) is 19.8 Å². The van der Waals surface area contributed by atoms with Gasteiger partial charge in [-0.3, -0.25) is 0 Å². The van der Waals surface area contributed by atoms with Crippen LogP contribution in [0.25, 0.3) is 0 Å². The third kappa shape index (κ3) is 5.36. The molecule has 0 atom stereocenters. The van der Waals surface area contributed by atoms with Gasteiger partial charge in [0.25, 0.3) is 0 Å². The zero-order chi connectivity index (χ0) is 11.6. The largest absolute Gasteiger partial charge is 0.183 e. The molecule has 1 aromatic heterocycles. The molecule has 1 nitrogen and oxygen atoms in total. The minimum atomic E-state index is 1.11. The summed E-state index contributed by atoms with van der Waals surface area (Å²) in [7, 11) is 0. The summed E-state index contributed by atoms with van der Waals surface area (Å²) < 4.78 is 2.17. The lowest BCUT2D eigenvalue weighted by atomic mass is 10.1. The van der Waals surface area contributed by atoms with Crippen LogP contribution < -0.4 is 3.97 Å². The predicted octanol–water partition coefficient (Wildman–Crippen LogP) is 4.00. The molecule has 0 aliphatic rings. The molecule has 2 heteroatoms. The smallest absolute Gasteiger partial charge is 0.134 e. The summed E-state index contributed by atoms with van der Waals surface area (Å²) in [6.45, 7) is 4.40. The Kier molecular flexibility index (Phi) is 6.98. The quantitative estimate of drug-likeness (QED) is 0.393. The van der Waals surface area contributed by atoms with Crippen molar-refractivity contribution < 1.29 is 3.97 Å². The molecule has 16 heavy (non-hydrogen) atoms. The van der Waals surface area contributed by atoms with Crippen LogP contribution in [0.4, 0.5) is 0 Å². The van der Waals surface area contributed by atoms with E-state index in [1.807, 2.05) is 11.9 Å². The van der Waals surface area contributed by atoms with Gasteiger partial charge < -0.3 is 0 Å². The first-order valence-corrected chi connectivity index (χ1v) is 7.04. The van der Waals surface area contributed by atoms with Gasteiger partial charge in [-0.15, -0.1) is 3.97 Å². The summed E-state index contributed by atoms with van der Waals surface area (Å²) in [4.78, 5) is 0. The molecule has 0 saturated heterocycles. The molecule has 0 radical (unpaired) electrons. The van der Waals surface area contributed by atoms with Crippen molar-refractivity contribution in [2.75, 3.05) is 5.75 Å². The van der Waals surface area contributed by atoms with E-state index in [0.29, 0.717) is 0 Å². The Morgan fingerprint density at radius 1 is 1.19 bits per heavy atom. The molecule has 0 saturated carbocycles.